The second-order valence-electron chi connectivity index (χ2n) is 8.65. The Morgan fingerprint density at radius 1 is 1.16 bits per heavy atom. The van der Waals surface area contributed by atoms with Crippen LogP contribution in [0, 0.1) is 0 Å². The van der Waals surface area contributed by atoms with Gasteiger partial charge < -0.3 is 25.0 Å². The van der Waals surface area contributed by atoms with E-state index in [2.05, 4.69) is 20.5 Å². The van der Waals surface area contributed by atoms with E-state index in [0.717, 1.165) is 30.1 Å². The molecule has 0 unspecified atom stereocenters. The number of carbonyl (C=O) groups is 3. The number of hydrogen-bond donors (Lipinski definition) is 2. The molecular formula is C26H26Cl2N4O5S. The maximum atomic E-state index is 12.7. The quantitative estimate of drug-likeness (QED) is 0.284. The van der Waals surface area contributed by atoms with Gasteiger partial charge in [0.1, 0.15) is 5.75 Å². The number of benzene rings is 2. The monoisotopic (exact) mass is 576 g/mol. The molecule has 1 aliphatic heterocycles. The highest BCUT2D eigenvalue weighted by molar-refractivity contribution is 7.13. The van der Waals surface area contributed by atoms with E-state index in [0.29, 0.717) is 21.3 Å². The highest BCUT2D eigenvalue weighted by Gasteiger charge is 2.22. The van der Waals surface area contributed by atoms with Crippen molar-refractivity contribution in [2.45, 2.75) is 25.8 Å². The molecule has 12 heteroatoms. The standard InChI is InChI=1S/C26H26Cl2N4O5S/c1-32-10-9-20-22(13-32)38-25(31-20)24(34)29-14-37-21-12-15(26(35)36-2)11-19(28)18(21)7-8-23(33)30-17-5-3-16(27)4-6-17/h3-6,11-12H,7-10,13-14H2,1-2H3,(H,29,34)(H,30,33). The molecule has 2 N–H and O–H groups in total. The molecule has 2 heterocycles. The number of esters is 1. The van der Waals surface area contributed by atoms with Gasteiger partial charge in [0, 0.05) is 52.1 Å². The van der Waals surface area contributed by atoms with Gasteiger partial charge in [-0.15, -0.1) is 11.3 Å². The van der Waals surface area contributed by atoms with Gasteiger partial charge in [-0.25, -0.2) is 9.78 Å². The predicted molar refractivity (Wildman–Crippen MR) is 146 cm³/mol. The van der Waals surface area contributed by atoms with Crippen LogP contribution in [0.3, 0.4) is 0 Å². The molecule has 200 valence electrons. The molecule has 2 aromatic carbocycles. The summed E-state index contributed by atoms with van der Waals surface area (Å²) in [6.07, 6.45) is 1.14. The third-order valence-corrected chi connectivity index (χ3v) is 7.55. The molecule has 0 radical (unpaired) electrons. The molecule has 1 aliphatic rings. The van der Waals surface area contributed by atoms with E-state index in [1.54, 1.807) is 24.3 Å². The maximum Gasteiger partial charge on any atom is 0.338 e. The van der Waals surface area contributed by atoms with E-state index < -0.39 is 5.97 Å². The summed E-state index contributed by atoms with van der Waals surface area (Å²) in [5.74, 6) is -0.923. The molecule has 1 aromatic heterocycles. The van der Waals surface area contributed by atoms with Gasteiger partial charge in [0.2, 0.25) is 5.91 Å². The summed E-state index contributed by atoms with van der Waals surface area (Å²) in [4.78, 5) is 45.1. The zero-order chi connectivity index (χ0) is 27.2. The van der Waals surface area contributed by atoms with Crippen LogP contribution < -0.4 is 15.4 Å². The minimum atomic E-state index is -0.592. The summed E-state index contributed by atoms with van der Waals surface area (Å²) in [7, 11) is 3.29. The van der Waals surface area contributed by atoms with Gasteiger partial charge in [-0.05, 0) is 49.9 Å². The van der Waals surface area contributed by atoms with Crippen molar-refractivity contribution in [1.29, 1.82) is 0 Å². The molecule has 0 fully saturated rings. The van der Waals surface area contributed by atoms with E-state index in [-0.39, 0.29) is 47.7 Å². The first-order chi connectivity index (χ1) is 18.2. The number of nitrogens with zero attached hydrogens (tertiary/aromatic N) is 2. The highest BCUT2D eigenvalue weighted by Crippen LogP contribution is 2.31. The molecule has 0 atom stereocenters. The first kappa shape index (κ1) is 27.8. The van der Waals surface area contributed by atoms with Crippen LogP contribution in [0.15, 0.2) is 36.4 Å². The highest BCUT2D eigenvalue weighted by atomic mass is 35.5. The van der Waals surface area contributed by atoms with E-state index in [4.69, 9.17) is 32.7 Å². The van der Waals surface area contributed by atoms with Gasteiger partial charge in [0.25, 0.3) is 5.91 Å². The minimum absolute atomic E-state index is 0.0990. The molecule has 9 nitrogen and oxygen atoms in total. The summed E-state index contributed by atoms with van der Waals surface area (Å²) in [6, 6.07) is 9.70. The lowest BCUT2D eigenvalue weighted by molar-refractivity contribution is -0.116. The third-order valence-electron chi connectivity index (χ3n) is 5.88. The van der Waals surface area contributed by atoms with E-state index in [1.165, 1.54) is 30.6 Å². The lowest BCUT2D eigenvalue weighted by Crippen LogP contribution is -2.28. The minimum Gasteiger partial charge on any atom is -0.473 e. The van der Waals surface area contributed by atoms with Crippen LogP contribution in [-0.4, -0.2) is 55.1 Å². The molecule has 0 saturated carbocycles. The van der Waals surface area contributed by atoms with Crippen molar-refractivity contribution in [3.8, 4) is 5.75 Å². The zero-order valence-corrected chi connectivity index (χ0v) is 23.1. The molecule has 4 rings (SSSR count). The van der Waals surface area contributed by atoms with Gasteiger partial charge >= 0.3 is 5.97 Å². The van der Waals surface area contributed by atoms with Crippen molar-refractivity contribution in [3.63, 3.8) is 0 Å². The maximum absolute atomic E-state index is 12.7. The fraction of sp³-hybridized carbons (Fsp3) is 0.308. The summed E-state index contributed by atoms with van der Waals surface area (Å²) in [5.41, 5.74) is 2.27. The van der Waals surface area contributed by atoms with Gasteiger partial charge in [-0.1, -0.05) is 23.2 Å². The molecule has 0 aliphatic carbocycles. The van der Waals surface area contributed by atoms with Gasteiger partial charge in [0.15, 0.2) is 11.7 Å². The van der Waals surface area contributed by atoms with E-state index >= 15 is 0 Å². The average Bonchev–Trinajstić information content (AvgIpc) is 3.32. The van der Waals surface area contributed by atoms with Gasteiger partial charge in [-0.3, -0.25) is 9.59 Å². The van der Waals surface area contributed by atoms with Crippen LogP contribution in [0.2, 0.25) is 10.0 Å². The molecule has 2 amide bonds. The Labute approximate surface area is 234 Å². The first-order valence-electron chi connectivity index (χ1n) is 11.8. The van der Waals surface area contributed by atoms with Crippen LogP contribution >= 0.6 is 34.5 Å². The number of methoxy groups -OCH3 is 1. The molecule has 3 aromatic rings. The van der Waals surface area contributed by atoms with Crippen LogP contribution in [0.5, 0.6) is 5.75 Å². The van der Waals surface area contributed by atoms with Crippen molar-refractivity contribution in [2.75, 3.05) is 32.7 Å². The number of rotatable bonds is 9. The lowest BCUT2D eigenvalue weighted by Gasteiger charge is -2.20. The van der Waals surface area contributed by atoms with Crippen molar-refractivity contribution >= 4 is 58.0 Å². The number of aromatic nitrogens is 1. The Hall–Kier alpha value is -3.18. The number of ether oxygens (including phenoxy) is 2. The molecule has 38 heavy (non-hydrogen) atoms. The van der Waals surface area contributed by atoms with Crippen molar-refractivity contribution in [2.24, 2.45) is 0 Å². The first-order valence-corrected chi connectivity index (χ1v) is 13.3. The number of nitrogens with one attached hydrogen (secondary N) is 2. The van der Waals surface area contributed by atoms with Crippen molar-refractivity contribution in [1.82, 2.24) is 15.2 Å². The number of likely N-dealkylation sites (N-methyl/N-ethyl adjacent to an activating group) is 1. The number of carbonyl (C=O) groups excluding carboxylic acids is 3. The second-order valence-corrected chi connectivity index (χ2v) is 10.6. The Balaban J connectivity index is 1.42. The Morgan fingerprint density at radius 3 is 2.66 bits per heavy atom. The zero-order valence-electron chi connectivity index (χ0n) is 20.8. The number of halogens is 2. The number of amides is 2. The van der Waals surface area contributed by atoms with Crippen LogP contribution in [0.25, 0.3) is 0 Å². The lowest BCUT2D eigenvalue weighted by atomic mass is 10.0. The molecule has 0 saturated heterocycles. The third kappa shape index (κ3) is 7.02. The summed E-state index contributed by atoms with van der Waals surface area (Å²) in [6.45, 7) is 1.48. The SMILES string of the molecule is COC(=O)c1cc(Cl)c(CCC(=O)Nc2ccc(Cl)cc2)c(OCNC(=O)c2nc3c(s2)CN(C)CC3)c1. The summed E-state index contributed by atoms with van der Waals surface area (Å²) >= 11 is 13.7. The fourth-order valence-corrected chi connectivity index (χ4v) is 5.42. The predicted octanol–water partition coefficient (Wildman–Crippen LogP) is 4.56. The number of hydrogen-bond acceptors (Lipinski definition) is 8. The van der Waals surface area contributed by atoms with Crippen LogP contribution in [-0.2, 0) is 28.9 Å². The molecular weight excluding hydrogens is 551 g/mol. The van der Waals surface area contributed by atoms with Crippen LogP contribution in [0.1, 0.15) is 42.7 Å². The van der Waals surface area contributed by atoms with Crippen molar-refractivity contribution in [3.05, 3.63) is 73.1 Å². The average molecular weight is 577 g/mol. The van der Waals surface area contributed by atoms with Gasteiger partial charge in [0.05, 0.1) is 18.4 Å². The number of fused-ring (bicyclic) bond motifs is 1. The Kier molecular flexibility index (Phi) is 9.22. The second kappa shape index (κ2) is 12.6. The Bertz CT molecular complexity index is 1350. The normalized spacial score (nSPS) is 12.9. The summed E-state index contributed by atoms with van der Waals surface area (Å²) in [5, 5.41) is 6.68. The number of anilines is 1. The van der Waals surface area contributed by atoms with Crippen LogP contribution in [0.4, 0.5) is 5.69 Å². The van der Waals surface area contributed by atoms with E-state index in [9.17, 15) is 14.4 Å². The summed E-state index contributed by atoms with van der Waals surface area (Å²) < 4.78 is 10.6. The Morgan fingerprint density at radius 2 is 1.92 bits per heavy atom. The topological polar surface area (TPSA) is 110 Å². The smallest absolute Gasteiger partial charge is 0.338 e. The fourth-order valence-electron chi connectivity index (χ4n) is 3.89. The molecule has 0 spiro atoms. The van der Waals surface area contributed by atoms with Crippen molar-refractivity contribution < 1.29 is 23.9 Å². The number of thiazole rings is 1. The van der Waals surface area contributed by atoms with Gasteiger partial charge in [-0.2, -0.15) is 0 Å². The largest absolute Gasteiger partial charge is 0.473 e. The van der Waals surface area contributed by atoms with E-state index in [1.807, 2.05) is 7.05 Å². The molecule has 0 bridgehead atoms.